The summed E-state index contributed by atoms with van der Waals surface area (Å²) in [5.74, 6) is -0.514. The summed E-state index contributed by atoms with van der Waals surface area (Å²) < 4.78 is 0. The summed E-state index contributed by atoms with van der Waals surface area (Å²) in [6, 6.07) is 7.75. The molecule has 2 aromatic rings. The van der Waals surface area contributed by atoms with E-state index in [1.165, 1.54) is 18.2 Å². The minimum atomic E-state index is -0.633. The Morgan fingerprint density at radius 1 is 1.07 bits per heavy atom. The zero-order valence-corrected chi connectivity index (χ0v) is 15.8. The molecule has 2 amide bonds. The Hall–Kier alpha value is -2.51. The van der Waals surface area contributed by atoms with Gasteiger partial charge in [0.25, 0.3) is 5.91 Å². The van der Waals surface area contributed by atoms with Crippen LogP contribution in [-0.4, -0.2) is 35.0 Å². The average molecular weight is 409 g/mol. The lowest BCUT2D eigenvalue weighted by atomic mass is 9.96. The molecule has 1 fully saturated rings. The molecule has 9 heteroatoms. The van der Waals surface area contributed by atoms with Gasteiger partial charge in [0.1, 0.15) is 11.6 Å². The fourth-order valence-corrected chi connectivity index (χ4v) is 3.19. The van der Waals surface area contributed by atoms with Crippen LogP contribution in [0.4, 0.5) is 5.82 Å². The topological polar surface area (TPSA) is 94.6 Å². The van der Waals surface area contributed by atoms with Crippen LogP contribution in [-0.2, 0) is 4.79 Å². The molecule has 2 heterocycles. The highest BCUT2D eigenvalue weighted by molar-refractivity contribution is 6.31. The summed E-state index contributed by atoms with van der Waals surface area (Å²) in [4.78, 5) is 30.8. The molecule has 142 valence electrons. The number of nitrogens with one attached hydrogen (secondary N) is 2. The summed E-state index contributed by atoms with van der Waals surface area (Å²) in [6.07, 6.45) is 2.86. The van der Waals surface area contributed by atoms with E-state index in [0.29, 0.717) is 36.0 Å². The Bertz CT molecular complexity index is 837. The lowest BCUT2D eigenvalue weighted by molar-refractivity contribution is -0.126. The SMILES string of the molecule is O=C(NNC(=O)C1CCN(c2ccc(Cl)cn2)CC1)c1cc(Cl)ccc1O. The van der Waals surface area contributed by atoms with E-state index in [-0.39, 0.29) is 23.1 Å². The standard InChI is InChI=1S/C18H18Cl2N4O3/c19-12-1-3-15(25)14(9-12)18(27)23-22-17(26)11-5-7-24(8-6-11)16-4-2-13(20)10-21-16/h1-4,9-11,25H,5-8H2,(H,22,26)(H,23,27). The van der Waals surface area contributed by atoms with Gasteiger partial charge in [-0.1, -0.05) is 23.2 Å². The van der Waals surface area contributed by atoms with Gasteiger partial charge in [0, 0.05) is 30.2 Å². The molecular formula is C18H18Cl2N4O3. The molecular weight excluding hydrogens is 391 g/mol. The number of phenolic OH excluding ortho intramolecular Hbond substituents is 1. The highest BCUT2D eigenvalue weighted by Crippen LogP contribution is 2.23. The molecule has 1 aliphatic heterocycles. The Balaban J connectivity index is 1.50. The maximum absolute atomic E-state index is 12.3. The van der Waals surface area contributed by atoms with Gasteiger partial charge in [-0.05, 0) is 43.2 Å². The number of aromatic nitrogens is 1. The molecule has 27 heavy (non-hydrogen) atoms. The summed E-state index contributed by atoms with van der Waals surface area (Å²) in [6.45, 7) is 1.35. The minimum absolute atomic E-state index is 0.00793. The van der Waals surface area contributed by atoms with Gasteiger partial charge >= 0.3 is 0 Å². The second-order valence-electron chi connectivity index (χ2n) is 6.20. The van der Waals surface area contributed by atoms with Crippen LogP contribution in [0.5, 0.6) is 5.75 Å². The van der Waals surface area contributed by atoms with Gasteiger partial charge in [-0.15, -0.1) is 0 Å². The van der Waals surface area contributed by atoms with Crippen molar-refractivity contribution in [2.24, 2.45) is 5.92 Å². The van der Waals surface area contributed by atoms with E-state index in [0.717, 1.165) is 5.82 Å². The number of phenols is 1. The molecule has 0 bridgehead atoms. The number of halogens is 2. The second-order valence-corrected chi connectivity index (χ2v) is 7.07. The monoisotopic (exact) mass is 408 g/mol. The first-order valence-electron chi connectivity index (χ1n) is 8.39. The highest BCUT2D eigenvalue weighted by Gasteiger charge is 2.26. The van der Waals surface area contributed by atoms with Crippen molar-refractivity contribution in [1.29, 1.82) is 0 Å². The third-order valence-electron chi connectivity index (χ3n) is 4.40. The number of benzene rings is 1. The van der Waals surface area contributed by atoms with Gasteiger partial charge in [0.15, 0.2) is 0 Å². The molecule has 3 N–H and O–H groups in total. The van der Waals surface area contributed by atoms with Crippen molar-refractivity contribution in [2.75, 3.05) is 18.0 Å². The van der Waals surface area contributed by atoms with Crippen LogP contribution in [0.2, 0.25) is 10.0 Å². The smallest absolute Gasteiger partial charge is 0.273 e. The number of pyridine rings is 1. The van der Waals surface area contributed by atoms with Crippen molar-refractivity contribution in [1.82, 2.24) is 15.8 Å². The molecule has 3 rings (SSSR count). The van der Waals surface area contributed by atoms with Gasteiger partial charge in [-0.25, -0.2) is 4.98 Å². The summed E-state index contributed by atoms with van der Waals surface area (Å²) in [5, 5.41) is 10.6. The zero-order chi connectivity index (χ0) is 19.4. The van der Waals surface area contributed by atoms with Gasteiger partial charge in [0.2, 0.25) is 5.91 Å². The predicted molar refractivity (Wildman–Crippen MR) is 103 cm³/mol. The molecule has 0 radical (unpaired) electrons. The lowest BCUT2D eigenvalue weighted by Crippen LogP contribution is -2.47. The second kappa shape index (κ2) is 8.45. The maximum Gasteiger partial charge on any atom is 0.273 e. The van der Waals surface area contributed by atoms with Crippen molar-refractivity contribution in [2.45, 2.75) is 12.8 Å². The van der Waals surface area contributed by atoms with Crippen molar-refractivity contribution >= 4 is 40.8 Å². The summed E-state index contributed by atoms with van der Waals surface area (Å²) in [5.41, 5.74) is 4.72. The third-order valence-corrected chi connectivity index (χ3v) is 4.86. The molecule has 7 nitrogen and oxygen atoms in total. The maximum atomic E-state index is 12.3. The Kier molecular flexibility index (Phi) is 6.03. The average Bonchev–Trinajstić information content (AvgIpc) is 2.68. The van der Waals surface area contributed by atoms with Crippen LogP contribution in [0.25, 0.3) is 0 Å². The van der Waals surface area contributed by atoms with Crippen molar-refractivity contribution in [3.8, 4) is 5.75 Å². The van der Waals surface area contributed by atoms with E-state index in [1.807, 2.05) is 6.07 Å². The number of piperidine rings is 1. The van der Waals surface area contributed by atoms with Crippen LogP contribution < -0.4 is 15.8 Å². The van der Waals surface area contributed by atoms with Crippen molar-refractivity contribution in [3.05, 3.63) is 52.1 Å². The molecule has 0 saturated carbocycles. The van der Waals surface area contributed by atoms with E-state index in [1.54, 1.807) is 12.3 Å². The largest absolute Gasteiger partial charge is 0.507 e. The highest BCUT2D eigenvalue weighted by atomic mass is 35.5. The van der Waals surface area contributed by atoms with E-state index < -0.39 is 5.91 Å². The van der Waals surface area contributed by atoms with Gasteiger partial charge < -0.3 is 10.0 Å². The van der Waals surface area contributed by atoms with E-state index in [2.05, 4.69) is 20.7 Å². The Labute approximate surface area is 166 Å². The van der Waals surface area contributed by atoms with Crippen LogP contribution in [0, 0.1) is 5.92 Å². The first kappa shape index (κ1) is 19.3. The van der Waals surface area contributed by atoms with Crippen LogP contribution >= 0.6 is 23.2 Å². The summed E-state index contributed by atoms with van der Waals surface area (Å²) >= 11 is 11.7. The number of anilines is 1. The molecule has 0 aliphatic carbocycles. The predicted octanol–water partition coefficient (Wildman–Crippen LogP) is 2.77. The fraction of sp³-hybridized carbons (Fsp3) is 0.278. The Morgan fingerprint density at radius 3 is 2.44 bits per heavy atom. The summed E-state index contributed by atoms with van der Waals surface area (Å²) in [7, 11) is 0. The number of carbonyl (C=O) groups is 2. The number of carbonyl (C=O) groups excluding carboxylic acids is 2. The molecule has 1 aromatic heterocycles. The van der Waals surface area contributed by atoms with Gasteiger partial charge in [0.05, 0.1) is 10.6 Å². The van der Waals surface area contributed by atoms with E-state index in [4.69, 9.17) is 23.2 Å². The quantitative estimate of drug-likeness (QED) is 0.678. The molecule has 1 aromatic carbocycles. The number of nitrogens with zero attached hydrogens (tertiary/aromatic N) is 2. The van der Waals surface area contributed by atoms with Gasteiger partial charge in [-0.3, -0.25) is 20.4 Å². The van der Waals surface area contributed by atoms with E-state index in [9.17, 15) is 14.7 Å². The normalized spacial score (nSPS) is 14.7. The number of aromatic hydroxyl groups is 1. The molecule has 0 spiro atoms. The number of hydrogen-bond donors (Lipinski definition) is 3. The van der Waals surface area contributed by atoms with Crippen molar-refractivity contribution < 1.29 is 14.7 Å². The molecule has 1 saturated heterocycles. The minimum Gasteiger partial charge on any atom is -0.507 e. The fourth-order valence-electron chi connectivity index (χ4n) is 2.90. The van der Waals surface area contributed by atoms with Crippen LogP contribution in [0.1, 0.15) is 23.2 Å². The molecule has 1 aliphatic rings. The number of hydrazine groups is 1. The Morgan fingerprint density at radius 2 is 1.78 bits per heavy atom. The zero-order valence-electron chi connectivity index (χ0n) is 14.3. The third kappa shape index (κ3) is 4.81. The first-order chi connectivity index (χ1) is 12.9. The van der Waals surface area contributed by atoms with Crippen LogP contribution in [0.3, 0.4) is 0 Å². The number of hydrogen-bond acceptors (Lipinski definition) is 5. The molecule has 0 atom stereocenters. The van der Waals surface area contributed by atoms with Crippen LogP contribution in [0.15, 0.2) is 36.5 Å². The number of amides is 2. The van der Waals surface area contributed by atoms with Gasteiger partial charge in [-0.2, -0.15) is 0 Å². The molecule has 0 unspecified atom stereocenters. The van der Waals surface area contributed by atoms with E-state index >= 15 is 0 Å². The van der Waals surface area contributed by atoms with Crippen molar-refractivity contribution in [3.63, 3.8) is 0 Å². The lowest BCUT2D eigenvalue weighted by Gasteiger charge is -2.32. The first-order valence-corrected chi connectivity index (χ1v) is 9.15. The number of rotatable bonds is 3.